The summed E-state index contributed by atoms with van der Waals surface area (Å²) in [4.78, 5) is 0. The number of rotatable bonds is 4. The molecule has 0 aliphatic rings. The number of alkyl halides is 4. The second-order valence-corrected chi connectivity index (χ2v) is 4.54. The standard InChI is InChI=1S/C12H11BrF3NO/c1-8(5-13)7-18-11-3-2-9(6-17)4-10(11)12(14,15)16/h2-4,8H,5,7H2,1H3. The number of nitrogens with zero attached hydrogens (tertiary/aromatic N) is 1. The molecule has 0 radical (unpaired) electrons. The number of ether oxygens (including phenoxy) is 1. The van der Waals surface area contributed by atoms with E-state index in [1.807, 2.05) is 6.92 Å². The van der Waals surface area contributed by atoms with Gasteiger partial charge in [-0.2, -0.15) is 18.4 Å². The van der Waals surface area contributed by atoms with Gasteiger partial charge in [-0.15, -0.1) is 0 Å². The van der Waals surface area contributed by atoms with Crippen LogP contribution >= 0.6 is 15.9 Å². The Morgan fingerprint density at radius 1 is 1.44 bits per heavy atom. The highest BCUT2D eigenvalue weighted by Gasteiger charge is 2.34. The number of benzene rings is 1. The third kappa shape index (κ3) is 3.91. The highest BCUT2D eigenvalue weighted by Crippen LogP contribution is 2.36. The third-order valence-electron chi connectivity index (χ3n) is 2.20. The van der Waals surface area contributed by atoms with Gasteiger partial charge in [-0.05, 0) is 24.1 Å². The first-order valence-corrected chi connectivity index (χ1v) is 6.30. The largest absolute Gasteiger partial charge is 0.493 e. The molecule has 0 amide bonds. The van der Waals surface area contributed by atoms with Crippen molar-refractivity contribution in [1.29, 1.82) is 5.26 Å². The molecule has 1 atom stereocenters. The second kappa shape index (κ2) is 6.10. The fraction of sp³-hybridized carbons (Fsp3) is 0.417. The zero-order valence-electron chi connectivity index (χ0n) is 9.59. The zero-order valence-corrected chi connectivity index (χ0v) is 11.2. The van der Waals surface area contributed by atoms with Crippen LogP contribution in [0.5, 0.6) is 5.75 Å². The van der Waals surface area contributed by atoms with E-state index in [9.17, 15) is 13.2 Å². The third-order valence-corrected chi connectivity index (χ3v) is 3.31. The Morgan fingerprint density at radius 3 is 2.61 bits per heavy atom. The number of halogens is 4. The van der Waals surface area contributed by atoms with E-state index in [-0.39, 0.29) is 23.8 Å². The quantitative estimate of drug-likeness (QED) is 0.786. The van der Waals surface area contributed by atoms with E-state index in [0.717, 1.165) is 6.07 Å². The molecule has 1 rings (SSSR count). The Kier molecular flexibility index (Phi) is 5.03. The molecule has 0 fully saturated rings. The van der Waals surface area contributed by atoms with Crippen molar-refractivity contribution in [2.45, 2.75) is 13.1 Å². The van der Waals surface area contributed by atoms with Gasteiger partial charge in [-0.25, -0.2) is 0 Å². The van der Waals surface area contributed by atoms with Crippen LogP contribution in [0, 0.1) is 17.2 Å². The first-order chi connectivity index (χ1) is 8.38. The van der Waals surface area contributed by atoms with Crippen LogP contribution in [0.3, 0.4) is 0 Å². The minimum absolute atomic E-state index is 0.0387. The van der Waals surface area contributed by atoms with Crippen LogP contribution in [0.1, 0.15) is 18.1 Å². The Bertz CT molecular complexity index is 454. The van der Waals surface area contributed by atoms with Gasteiger partial charge in [0.15, 0.2) is 0 Å². The molecule has 0 saturated heterocycles. The highest BCUT2D eigenvalue weighted by atomic mass is 79.9. The van der Waals surface area contributed by atoms with E-state index in [1.54, 1.807) is 6.07 Å². The van der Waals surface area contributed by atoms with E-state index >= 15 is 0 Å². The van der Waals surface area contributed by atoms with E-state index in [1.165, 1.54) is 12.1 Å². The number of hydrogen-bond donors (Lipinski definition) is 0. The predicted octanol–water partition coefficient (Wildman–Crippen LogP) is 3.99. The summed E-state index contributed by atoms with van der Waals surface area (Å²) in [6, 6.07) is 4.97. The van der Waals surface area contributed by atoms with Crippen LogP contribution in [-0.4, -0.2) is 11.9 Å². The first kappa shape index (κ1) is 14.8. The monoisotopic (exact) mass is 321 g/mol. The van der Waals surface area contributed by atoms with E-state index < -0.39 is 11.7 Å². The summed E-state index contributed by atoms with van der Waals surface area (Å²) in [5.74, 6) is -0.143. The lowest BCUT2D eigenvalue weighted by Crippen LogP contribution is -2.14. The maximum absolute atomic E-state index is 12.8. The van der Waals surface area contributed by atoms with Crippen molar-refractivity contribution in [1.82, 2.24) is 0 Å². The van der Waals surface area contributed by atoms with Gasteiger partial charge in [0.2, 0.25) is 0 Å². The molecule has 0 aromatic heterocycles. The number of hydrogen-bond acceptors (Lipinski definition) is 2. The van der Waals surface area contributed by atoms with Crippen molar-refractivity contribution in [3.63, 3.8) is 0 Å². The van der Waals surface area contributed by atoms with Crippen LogP contribution in [0.25, 0.3) is 0 Å². The average Bonchev–Trinajstić information content (AvgIpc) is 2.34. The molecule has 0 heterocycles. The first-order valence-electron chi connectivity index (χ1n) is 5.18. The second-order valence-electron chi connectivity index (χ2n) is 3.89. The summed E-state index contributed by atoms with van der Waals surface area (Å²) < 4.78 is 43.5. The average molecular weight is 322 g/mol. The lowest BCUT2D eigenvalue weighted by atomic mass is 10.1. The fourth-order valence-electron chi connectivity index (χ4n) is 1.22. The van der Waals surface area contributed by atoms with Crippen LogP contribution < -0.4 is 4.74 Å². The molecule has 1 aromatic carbocycles. The molecular formula is C12H11BrF3NO. The molecule has 2 nitrogen and oxygen atoms in total. The van der Waals surface area contributed by atoms with Crippen molar-refractivity contribution >= 4 is 15.9 Å². The van der Waals surface area contributed by atoms with Gasteiger partial charge in [0.1, 0.15) is 5.75 Å². The Morgan fingerprint density at radius 2 is 2.11 bits per heavy atom. The molecule has 0 saturated carbocycles. The fourth-order valence-corrected chi connectivity index (χ4v) is 1.41. The lowest BCUT2D eigenvalue weighted by molar-refractivity contribution is -0.139. The maximum atomic E-state index is 12.8. The minimum atomic E-state index is -4.53. The van der Waals surface area contributed by atoms with Crippen molar-refractivity contribution in [2.24, 2.45) is 5.92 Å². The summed E-state index contributed by atoms with van der Waals surface area (Å²) in [5, 5.41) is 9.25. The summed E-state index contributed by atoms with van der Waals surface area (Å²) in [5.41, 5.74) is -0.952. The van der Waals surface area contributed by atoms with Gasteiger partial charge < -0.3 is 4.74 Å². The van der Waals surface area contributed by atoms with E-state index in [0.29, 0.717) is 5.33 Å². The molecule has 18 heavy (non-hydrogen) atoms. The topological polar surface area (TPSA) is 33.0 Å². The van der Waals surface area contributed by atoms with Crippen molar-refractivity contribution in [2.75, 3.05) is 11.9 Å². The van der Waals surface area contributed by atoms with Crippen LogP contribution in [0.15, 0.2) is 18.2 Å². The van der Waals surface area contributed by atoms with Gasteiger partial charge in [-0.1, -0.05) is 22.9 Å². The SMILES string of the molecule is CC(CBr)COc1ccc(C#N)cc1C(F)(F)F. The molecule has 0 N–H and O–H groups in total. The molecule has 0 spiro atoms. The molecule has 6 heteroatoms. The summed E-state index contributed by atoms with van der Waals surface area (Å²) >= 11 is 3.22. The van der Waals surface area contributed by atoms with E-state index in [2.05, 4.69) is 15.9 Å². The van der Waals surface area contributed by atoms with Gasteiger partial charge in [0.05, 0.1) is 23.8 Å². The van der Waals surface area contributed by atoms with Gasteiger partial charge >= 0.3 is 6.18 Å². The van der Waals surface area contributed by atoms with Gasteiger partial charge in [0, 0.05) is 5.33 Å². The molecule has 98 valence electrons. The maximum Gasteiger partial charge on any atom is 0.420 e. The number of nitriles is 1. The molecule has 1 unspecified atom stereocenters. The molecule has 0 bridgehead atoms. The molecular weight excluding hydrogens is 311 g/mol. The van der Waals surface area contributed by atoms with Gasteiger partial charge in [0.25, 0.3) is 0 Å². The van der Waals surface area contributed by atoms with Gasteiger partial charge in [-0.3, -0.25) is 0 Å². The smallest absolute Gasteiger partial charge is 0.420 e. The van der Waals surface area contributed by atoms with Crippen LogP contribution in [-0.2, 0) is 6.18 Å². The van der Waals surface area contributed by atoms with Crippen molar-refractivity contribution < 1.29 is 17.9 Å². The van der Waals surface area contributed by atoms with Crippen LogP contribution in [0.4, 0.5) is 13.2 Å². The Labute approximate surface area is 111 Å². The summed E-state index contributed by atoms with van der Waals surface area (Å²) in [6.45, 7) is 2.03. The summed E-state index contributed by atoms with van der Waals surface area (Å²) in [7, 11) is 0. The van der Waals surface area contributed by atoms with Crippen molar-refractivity contribution in [3.8, 4) is 11.8 Å². The highest BCUT2D eigenvalue weighted by molar-refractivity contribution is 9.09. The molecule has 0 aliphatic heterocycles. The zero-order chi connectivity index (χ0) is 13.8. The Balaban J connectivity index is 3.01. The Hall–Kier alpha value is -1.22. The van der Waals surface area contributed by atoms with Crippen molar-refractivity contribution in [3.05, 3.63) is 29.3 Å². The lowest BCUT2D eigenvalue weighted by Gasteiger charge is -2.16. The molecule has 0 aliphatic carbocycles. The predicted molar refractivity (Wildman–Crippen MR) is 64.6 cm³/mol. The normalized spacial score (nSPS) is 12.9. The summed E-state index contributed by atoms with van der Waals surface area (Å²) in [6.07, 6.45) is -4.53. The minimum Gasteiger partial charge on any atom is -0.493 e. The van der Waals surface area contributed by atoms with Crippen LogP contribution in [0.2, 0.25) is 0 Å². The molecule has 1 aromatic rings. The van der Waals surface area contributed by atoms with E-state index in [4.69, 9.17) is 10.00 Å².